The van der Waals surface area contributed by atoms with E-state index >= 15 is 0 Å². The molecule has 0 unspecified atom stereocenters. The van der Waals surface area contributed by atoms with E-state index in [1.54, 1.807) is 6.07 Å². The van der Waals surface area contributed by atoms with Crippen molar-refractivity contribution in [2.75, 3.05) is 13.2 Å². The normalized spacial score (nSPS) is 21.3. The van der Waals surface area contributed by atoms with E-state index in [9.17, 15) is 4.39 Å². The van der Waals surface area contributed by atoms with Gasteiger partial charge in [0.15, 0.2) is 0 Å². The zero-order valence-electron chi connectivity index (χ0n) is 9.97. The molecule has 1 aromatic rings. The zero-order chi connectivity index (χ0) is 11.9. The number of benzene rings is 1. The minimum Gasteiger partial charge on any atom is -0.493 e. The third kappa shape index (κ3) is 1.56. The van der Waals surface area contributed by atoms with Gasteiger partial charge in [0.1, 0.15) is 11.6 Å². The highest BCUT2D eigenvalue weighted by Crippen LogP contribution is 2.47. The molecule has 0 spiro atoms. The molecule has 2 aliphatic rings. The Morgan fingerprint density at radius 3 is 2.76 bits per heavy atom. The first-order chi connectivity index (χ1) is 8.27. The average Bonchev–Trinajstić information content (AvgIpc) is 2.97. The Hall–Kier alpha value is -1.09. The Morgan fingerprint density at radius 1 is 1.29 bits per heavy atom. The summed E-state index contributed by atoms with van der Waals surface area (Å²) in [7, 11) is 0. The zero-order valence-corrected chi connectivity index (χ0v) is 9.97. The monoisotopic (exact) mass is 235 g/mol. The first-order valence-corrected chi connectivity index (χ1v) is 6.41. The lowest BCUT2D eigenvalue weighted by molar-refractivity contribution is 0.331. The number of hydrogen-bond acceptors (Lipinski definition) is 2. The summed E-state index contributed by atoms with van der Waals surface area (Å²) in [6, 6.07) is 3.43. The number of fused-ring (bicyclic) bond motifs is 1. The van der Waals surface area contributed by atoms with Crippen LogP contribution in [0.2, 0.25) is 0 Å². The van der Waals surface area contributed by atoms with Gasteiger partial charge >= 0.3 is 0 Å². The molecular weight excluding hydrogens is 217 g/mol. The number of ether oxygens (including phenoxy) is 1. The molecule has 1 aliphatic carbocycles. The number of nitrogens with two attached hydrogens (primary N) is 1. The second kappa shape index (κ2) is 3.98. The molecule has 3 heteroatoms. The van der Waals surface area contributed by atoms with Crippen molar-refractivity contribution < 1.29 is 9.13 Å². The summed E-state index contributed by atoms with van der Waals surface area (Å²) in [6.07, 6.45) is 5.14. The molecule has 0 radical (unpaired) electrons. The summed E-state index contributed by atoms with van der Waals surface area (Å²) in [6.45, 7) is 1.19. The molecule has 1 aromatic carbocycles. The highest BCUT2D eigenvalue weighted by molar-refractivity contribution is 5.49. The summed E-state index contributed by atoms with van der Waals surface area (Å²) >= 11 is 0. The Morgan fingerprint density at radius 2 is 2.06 bits per heavy atom. The fraction of sp³-hybridized carbons (Fsp3) is 0.571. The van der Waals surface area contributed by atoms with Crippen molar-refractivity contribution >= 4 is 0 Å². The average molecular weight is 235 g/mol. The van der Waals surface area contributed by atoms with Crippen LogP contribution in [0, 0.1) is 5.82 Å². The van der Waals surface area contributed by atoms with E-state index in [2.05, 4.69) is 0 Å². The Bertz CT molecular complexity index is 438. The van der Waals surface area contributed by atoms with E-state index in [1.165, 1.54) is 0 Å². The van der Waals surface area contributed by atoms with Gasteiger partial charge in [-0.05, 0) is 24.5 Å². The minimum atomic E-state index is -0.181. The maximum Gasteiger partial charge on any atom is 0.130 e. The van der Waals surface area contributed by atoms with Gasteiger partial charge in [-0.15, -0.1) is 0 Å². The summed E-state index contributed by atoms with van der Waals surface area (Å²) in [5, 5.41) is 0. The summed E-state index contributed by atoms with van der Waals surface area (Å²) < 4.78 is 19.8. The van der Waals surface area contributed by atoms with Gasteiger partial charge in [0.2, 0.25) is 0 Å². The molecule has 0 amide bonds. The van der Waals surface area contributed by atoms with E-state index in [0.717, 1.165) is 49.0 Å². The fourth-order valence-electron chi connectivity index (χ4n) is 3.33. The van der Waals surface area contributed by atoms with Crippen LogP contribution in [0.1, 0.15) is 36.8 Å². The molecule has 3 rings (SSSR count). The van der Waals surface area contributed by atoms with Crippen molar-refractivity contribution in [3.8, 4) is 5.75 Å². The predicted molar refractivity (Wildman–Crippen MR) is 64.8 cm³/mol. The van der Waals surface area contributed by atoms with Crippen LogP contribution in [0.15, 0.2) is 12.1 Å². The highest BCUT2D eigenvalue weighted by atomic mass is 19.1. The van der Waals surface area contributed by atoms with Crippen molar-refractivity contribution in [3.05, 3.63) is 29.1 Å². The van der Waals surface area contributed by atoms with Gasteiger partial charge in [0, 0.05) is 23.9 Å². The van der Waals surface area contributed by atoms with Gasteiger partial charge in [-0.2, -0.15) is 0 Å². The van der Waals surface area contributed by atoms with Gasteiger partial charge in [-0.3, -0.25) is 0 Å². The smallest absolute Gasteiger partial charge is 0.130 e. The molecule has 0 aromatic heterocycles. The van der Waals surface area contributed by atoms with E-state index < -0.39 is 0 Å². The Labute approximate surface area is 101 Å². The van der Waals surface area contributed by atoms with Crippen LogP contribution >= 0.6 is 0 Å². The van der Waals surface area contributed by atoms with Crippen molar-refractivity contribution in [1.29, 1.82) is 0 Å². The molecule has 0 atom stereocenters. The van der Waals surface area contributed by atoms with E-state index in [0.29, 0.717) is 13.2 Å². The first-order valence-electron chi connectivity index (χ1n) is 6.41. The van der Waals surface area contributed by atoms with Crippen LogP contribution < -0.4 is 10.5 Å². The second-order valence-corrected chi connectivity index (χ2v) is 5.20. The van der Waals surface area contributed by atoms with Crippen LogP contribution in [-0.4, -0.2) is 13.2 Å². The fourth-order valence-corrected chi connectivity index (χ4v) is 3.33. The minimum absolute atomic E-state index is 0.141. The number of rotatable bonds is 2. The third-order valence-corrected chi connectivity index (χ3v) is 4.29. The lowest BCUT2D eigenvalue weighted by Crippen LogP contribution is -2.33. The maximum atomic E-state index is 14.2. The van der Waals surface area contributed by atoms with E-state index in [1.807, 2.05) is 6.07 Å². The SMILES string of the molecule is NCC1(c2c(F)ccc3c2OCC3)CCCC1. The van der Waals surface area contributed by atoms with Gasteiger partial charge in [-0.1, -0.05) is 18.9 Å². The Kier molecular flexibility index (Phi) is 2.58. The van der Waals surface area contributed by atoms with Gasteiger partial charge in [-0.25, -0.2) is 4.39 Å². The van der Waals surface area contributed by atoms with Crippen molar-refractivity contribution in [2.24, 2.45) is 5.73 Å². The summed E-state index contributed by atoms with van der Waals surface area (Å²) in [5.74, 6) is 0.648. The lowest BCUT2D eigenvalue weighted by atomic mass is 9.77. The van der Waals surface area contributed by atoms with E-state index in [-0.39, 0.29) is 11.2 Å². The molecule has 92 valence electrons. The van der Waals surface area contributed by atoms with Gasteiger partial charge in [0.25, 0.3) is 0 Å². The molecule has 1 aliphatic heterocycles. The molecule has 1 saturated carbocycles. The maximum absolute atomic E-state index is 14.2. The molecular formula is C14H18FNO. The number of hydrogen-bond donors (Lipinski definition) is 1. The van der Waals surface area contributed by atoms with Crippen LogP contribution in [0.5, 0.6) is 5.75 Å². The van der Waals surface area contributed by atoms with Crippen LogP contribution in [0.4, 0.5) is 4.39 Å². The largest absolute Gasteiger partial charge is 0.493 e. The quantitative estimate of drug-likeness (QED) is 0.855. The van der Waals surface area contributed by atoms with Gasteiger partial charge < -0.3 is 10.5 Å². The first kappa shape index (κ1) is 11.0. The molecule has 1 fully saturated rings. The Balaban J connectivity index is 2.16. The van der Waals surface area contributed by atoms with Crippen LogP contribution in [0.25, 0.3) is 0 Å². The van der Waals surface area contributed by atoms with Crippen molar-refractivity contribution in [2.45, 2.75) is 37.5 Å². The van der Waals surface area contributed by atoms with E-state index in [4.69, 9.17) is 10.5 Å². The van der Waals surface area contributed by atoms with Gasteiger partial charge in [0.05, 0.1) is 6.61 Å². The van der Waals surface area contributed by atoms with Crippen LogP contribution in [-0.2, 0) is 11.8 Å². The molecule has 0 saturated heterocycles. The second-order valence-electron chi connectivity index (χ2n) is 5.20. The lowest BCUT2D eigenvalue weighted by Gasteiger charge is -2.29. The predicted octanol–water partition coefficient (Wildman–Crippen LogP) is 2.53. The molecule has 2 nitrogen and oxygen atoms in total. The third-order valence-electron chi connectivity index (χ3n) is 4.29. The summed E-state index contributed by atoms with van der Waals surface area (Å²) in [4.78, 5) is 0. The number of halogens is 1. The molecule has 0 bridgehead atoms. The highest BCUT2D eigenvalue weighted by Gasteiger charge is 2.40. The van der Waals surface area contributed by atoms with Crippen molar-refractivity contribution in [3.63, 3.8) is 0 Å². The summed E-state index contributed by atoms with van der Waals surface area (Å²) in [5.41, 5.74) is 7.66. The molecule has 2 N–H and O–H groups in total. The van der Waals surface area contributed by atoms with Crippen molar-refractivity contribution in [1.82, 2.24) is 0 Å². The molecule has 17 heavy (non-hydrogen) atoms. The van der Waals surface area contributed by atoms with Crippen LogP contribution in [0.3, 0.4) is 0 Å². The standard InChI is InChI=1S/C14H18FNO/c15-11-4-3-10-5-8-17-13(10)12(11)14(9-16)6-1-2-7-14/h3-4H,1-2,5-9,16H2. The molecule has 1 heterocycles. The topological polar surface area (TPSA) is 35.2 Å².